The molecule has 1 rings (SSSR count). The van der Waals surface area contributed by atoms with Gasteiger partial charge in [-0.2, -0.15) is 0 Å². The Bertz CT molecular complexity index is 432. The van der Waals surface area contributed by atoms with Gasteiger partial charge in [0.15, 0.2) is 0 Å². The van der Waals surface area contributed by atoms with Crippen molar-refractivity contribution in [3.63, 3.8) is 0 Å². The number of amides is 5. The van der Waals surface area contributed by atoms with Crippen LogP contribution < -0.4 is 11.5 Å². The van der Waals surface area contributed by atoms with Crippen LogP contribution in [0.25, 0.3) is 0 Å². The SMILES string of the molecule is CC1(C)C(=O)N(CCC(N)=O)C(=O)N1CCC(N)=O. The molecule has 0 bridgehead atoms. The normalized spacial score (nSPS) is 18.0. The van der Waals surface area contributed by atoms with Gasteiger partial charge in [0.25, 0.3) is 5.91 Å². The molecule has 19 heavy (non-hydrogen) atoms. The lowest BCUT2D eigenvalue weighted by atomic mass is 10.0. The maximum absolute atomic E-state index is 12.1. The third-order valence-electron chi connectivity index (χ3n) is 3.07. The van der Waals surface area contributed by atoms with Crippen LogP contribution in [0.3, 0.4) is 0 Å². The van der Waals surface area contributed by atoms with Gasteiger partial charge in [-0.05, 0) is 13.8 Å². The highest BCUT2D eigenvalue weighted by Crippen LogP contribution is 2.27. The van der Waals surface area contributed by atoms with Crippen molar-refractivity contribution in [1.29, 1.82) is 0 Å². The summed E-state index contributed by atoms with van der Waals surface area (Å²) >= 11 is 0. The molecule has 0 aliphatic carbocycles. The summed E-state index contributed by atoms with van der Waals surface area (Å²) in [6.07, 6.45) is -0.108. The lowest BCUT2D eigenvalue weighted by molar-refractivity contribution is -0.132. The Morgan fingerprint density at radius 3 is 2.00 bits per heavy atom. The second kappa shape index (κ2) is 5.25. The largest absolute Gasteiger partial charge is 0.370 e. The second-order valence-corrected chi connectivity index (χ2v) is 4.88. The van der Waals surface area contributed by atoms with E-state index in [1.807, 2.05) is 0 Å². The predicted molar refractivity (Wildman–Crippen MR) is 65.5 cm³/mol. The molecule has 0 radical (unpaired) electrons. The third-order valence-corrected chi connectivity index (χ3v) is 3.07. The van der Waals surface area contributed by atoms with Crippen LogP contribution in [0.4, 0.5) is 4.79 Å². The zero-order chi connectivity index (χ0) is 14.8. The van der Waals surface area contributed by atoms with Crippen LogP contribution in [0, 0.1) is 0 Å². The Morgan fingerprint density at radius 2 is 1.53 bits per heavy atom. The van der Waals surface area contributed by atoms with Gasteiger partial charge in [-0.3, -0.25) is 19.3 Å². The zero-order valence-electron chi connectivity index (χ0n) is 11.0. The monoisotopic (exact) mass is 270 g/mol. The number of carbonyl (C=O) groups excluding carboxylic acids is 4. The summed E-state index contributed by atoms with van der Waals surface area (Å²) in [6, 6.07) is -0.530. The number of hydrogen-bond donors (Lipinski definition) is 2. The number of hydrogen-bond acceptors (Lipinski definition) is 4. The fourth-order valence-electron chi connectivity index (χ4n) is 1.93. The standard InChI is InChI=1S/C11H18N4O4/c1-11(2)9(18)14(5-3-7(12)16)10(19)15(11)6-4-8(13)17/h3-6H2,1-2H3,(H2,12,16)(H2,13,17). The quantitative estimate of drug-likeness (QED) is 0.586. The summed E-state index contributed by atoms with van der Waals surface area (Å²) in [5.74, 6) is -1.55. The third kappa shape index (κ3) is 3.01. The summed E-state index contributed by atoms with van der Waals surface area (Å²) in [7, 11) is 0. The number of primary amides is 2. The molecule has 1 saturated heterocycles. The van der Waals surface area contributed by atoms with E-state index in [0.717, 1.165) is 4.90 Å². The molecular weight excluding hydrogens is 252 g/mol. The molecular formula is C11H18N4O4. The first kappa shape index (κ1) is 14.9. The van der Waals surface area contributed by atoms with Gasteiger partial charge >= 0.3 is 6.03 Å². The number of carbonyl (C=O) groups is 4. The van der Waals surface area contributed by atoms with Gasteiger partial charge in [-0.15, -0.1) is 0 Å². The van der Waals surface area contributed by atoms with Crippen molar-refractivity contribution in [2.75, 3.05) is 13.1 Å². The highest BCUT2D eigenvalue weighted by Gasteiger charge is 2.50. The van der Waals surface area contributed by atoms with E-state index >= 15 is 0 Å². The van der Waals surface area contributed by atoms with E-state index in [1.54, 1.807) is 13.8 Å². The molecule has 5 amide bonds. The van der Waals surface area contributed by atoms with Crippen molar-refractivity contribution >= 4 is 23.8 Å². The Morgan fingerprint density at radius 1 is 1.05 bits per heavy atom. The first-order valence-corrected chi connectivity index (χ1v) is 5.88. The van der Waals surface area contributed by atoms with Crippen LogP contribution >= 0.6 is 0 Å². The van der Waals surface area contributed by atoms with E-state index in [0.29, 0.717) is 0 Å². The topological polar surface area (TPSA) is 127 Å². The van der Waals surface area contributed by atoms with E-state index in [2.05, 4.69) is 0 Å². The van der Waals surface area contributed by atoms with E-state index in [-0.39, 0.29) is 25.9 Å². The van der Waals surface area contributed by atoms with E-state index < -0.39 is 29.3 Å². The fourth-order valence-corrected chi connectivity index (χ4v) is 1.93. The minimum absolute atomic E-state index is 0.0217. The van der Waals surface area contributed by atoms with Gasteiger partial charge in [0.05, 0.1) is 0 Å². The second-order valence-electron chi connectivity index (χ2n) is 4.88. The van der Waals surface area contributed by atoms with Crippen molar-refractivity contribution in [2.45, 2.75) is 32.2 Å². The Hall–Kier alpha value is -2.12. The molecule has 1 heterocycles. The first-order valence-electron chi connectivity index (χ1n) is 5.88. The van der Waals surface area contributed by atoms with Crippen LogP contribution in [0.1, 0.15) is 26.7 Å². The lowest BCUT2D eigenvalue weighted by Crippen LogP contribution is -2.45. The summed E-state index contributed by atoms with van der Waals surface area (Å²) in [4.78, 5) is 47.9. The number of nitrogens with two attached hydrogens (primary N) is 2. The van der Waals surface area contributed by atoms with Crippen molar-refractivity contribution in [3.05, 3.63) is 0 Å². The number of rotatable bonds is 6. The minimum Gasteiger partial charge on any atom is -0.370 e. The van der Waals surface area contributed by atoms with Gasteiger partial charge in [-0.1, -0.05) is 0 Å². The fraction of sp³-hybridized carbons (Fsp3) is 0.636. The van der Waals surface area contributed by atoms with Gasteiger partial charge in [0.2, 0.25) is 11.8 Å². The Labute approximate surface area is 110 Å². The van der Waals surface area contributed by atoms with Gasteiger partial charge in [-0.25, -0.2) is 4.79 Å². The van der Waals surface area contributed by atoms with E-state index in [9.17, 15) is 19.2 Å². The summed E-state index contributed by atoms with van der Waals surface area (Å²) in [6.45, 7) is 3.18. The highest BCUT2D eigenvalue weighted by atomic mass is 16.2. The van der Waals surface area contributed by atoms with Gasteiger partial charge in [0.1, 0.15) is 5.54 Å². The Kier molecular flexibility index (Phi) is 4.13. The molecule has 1 aliphatic heterocycles. The highest BCUT2D eigenvalue weighted by molar-refractivity contribution is 6.06. The molecule has 0 unspecified atom stereocenters. The molecule has 0 aromatic rings. The summed E-state index contributed by atoms with van der Waals surface area (Å²) in [5.41, 5.74) is 8.98. The van der Waals surface area contributed by atoms with E-state index in [1.165, 1.54) is 4.90 Å². The van der Waals surface area contributed by atoms with Crippen LogP contribution in [0.5, 0.6) is 0 Å². The smallest absolute Gasteiger partial charge is 0.327 e. The molecule has 0 aromatic carbocycles. The van der Waals surface area contributed by atoms with Crippen LogP contribution in [-0.4, -0.2) is 52.2 Å². The predicted octanol–water partition coefficient (Wildman–Crippen LogP) is -1.22. The molecule has 1 aliphatic rings. The average Bonchev–Trinajstić information content (AvgIpc) is 2.42. The Balaban J connectivity index is 2.83. The van der Waals surface area contributed by atoms with Gasteiger partial charge in [0, 0.05) is 25.9 Å². The molecule has 106 valence electrons. The summed E-state index contributed by atoms with van der Waals surface area (Å²) < 4.78 is 0. The minimum atomic E-state index is -1.05. The van der Waals surface area contributed by atoms with Gasteiger partial charge < -0.3 is 16.4 Å². The molecule has 0 spiro atoms. The van der Waals surface area contributed by atoms with Crippen molar-refractivity contribution < 1.29 is 19.2 Å². The zero-order valence-corrected chi connectivity index (χ0v) is 11.0. The van der Waals surface area contributed by atoms with Crippen LogP contribution in [0.2, 0.25) is 0 Å². The summed E-state index contributed by atoms with van der Waals surface area (Å²) in [5, 5.41) is 0. The number of nitrogens with zero attached hydrogens (tertiary/aromatic N) is 2. The lowest BCUT2D eigenvalue weighted by Gasteiger charge is -2.27. The number of urea groups is 1. The molecule has 1 fully saturated rings. The molecule has 4 N–H and O–H groups in total. The number of imide groups is 1. The molecule has 8 nitrogen and oxygen atoms in total. The van der Waals surface area contributed by atoms with Crippen molar-refractivity contribution in [1.82, 2.24) is 9.80 Å². The van der Waals surface area contributed by atoms with Crippen LogP contribution in [0.15, 0.2) is 0 Å². The van der Waals surface area contributed by atoms with Crippen molar-refractivity contribution in [2.24, 2.45) is 11.5 Å². The molecule has 0 saturated carbocycles. The van der Waals surface area contributed by atoms with Crippen molar-refractivity contribution in [3.8, 4) is 0 Å². The van der Waals surface area contributed by atoms with Crippen LogP contribution in [-0.2, 0) is 14.4 Å². The molecule has 8 heteroatoms. The molecule has 0 aromatic heterocycles. The average molecular weight is 270 g/mol. The maximum atomic E-state index is 12.1. The maximum Gasteiger partial charge on any atom is 0.327 e. The first-order chi connectivity index (χ1) is 8.67. The van der Waals surface area contributed by atoms with E-state index in [4.69, 9.17) is 11.5 Å². The molecule has 0 atom stereocenters.